The van der Waals surface area contributed by atoms with E-state index in [9.17, 15) is 14.4 Å². The van der Waals surface area contributed by atoms with Crippen molar-refractivity contribution in [3.63, 3.8) is 0 Å². The Bertz CT molecular complexity index is 1360. The highest BCUT2D eigenvalue weighted by Crippen LogP contribution is 2.39. The molecule has 178 valence electrons. The van der Waals surface area contributed by atoms with E-state index in [0.717, 1.165) is 4.88 Å². The lowest BCUT2D eigenvalue weighted by atomic mass is 10.1. The van der Waals surface area contributed by atoms with Gasteiger partial charge in [-0.05, 0) is 53.4 Å². The minimum Gasteiger partial charge on any atom is -0.493 e. The van der Waals surface area contributed by atoms with Crippen molar-refractivity contribution in [1.82, 2.24) is 20.1 Å². The van der Waals surface area contributed by atoms with Gasteiger partial charge in [-0.3, -0.25) is 4.79 Å². The molecule has 0 fully saturated rings. The van der Waals surface area contributed by atoms with Crippen molar-refractivity contribution in [1.29, 1.82) is 5.26 Å². The van der Waals surface area contributed by atoms with E-state index in [2.05, 4.69) is 21.5 Å². The van der Waals surface area contributed by atoms with Crippen LogP contribution in [0.25, 0.3) is 16.4 Å². The molecule has 2 aromatic heterocycles. The topological polar surface area (TPSA) is 111 Å². The Morgan fingerprint density at radius 1 is 1.11 bits per heavy atom. The third-order valence-corrected chi connectivity index (χ3v) is 5.91. The summed E-state index contributed by atoms with van der Waals surface area (Å²) < 4.78 is 30.9. The number of carbonyl (C=O) groups is 1. The van der Waals surface area contributed by atoms with Crippen molar-refractivity contribution in [3.05, 3.63) is 71.1 Å². The summed E-state index contributed by atoms with van der Waals surface area (Å²) in [7, 11) is 4.39. The molecule has 0 aliphatic rings. The Labute approximate surface area is 204 Å². The summed E-state index contributed by atoms with van der Waals surface area (Å²) in [6, 6.07) is 13.5. The molecule has 0 aliphatic heterocycles. The van der Waals surface area contributed by atoms with E-state index in [-0.39, 0.29) is 5.82 Å². The first-order chi connectivity index (χ1) is 17.0. The Kier molecular flexibility index (Phi) is 6.93. The molecule has 9 nitrogen and oxygen atoms in total. The fourth-order valence-corrected chi connectivity index (χ4v) is 4.09. The van der Waals surface area contributed by atoms with Gasteiger partial charge in [0.25, 0.3) is 5.91 Å². The molecule has 1 atom stereocenters. The molecule has 35 heavy (non-hydrogen) atoms. The van der Waals surface area contributed by atoms with E-state index in [4.69, 9.17) is 14.2 Å². The van der Waals surface area contributed by atoms with Gasteiger partial charge >= 0.3 is 0 Å². The molecule has 4 rings (SSSR count). The summed E-state index contributed by atoms with van der Waals surface area (Å²) in [5, 5.41) is 18.6. The number of methoxy groups -OCH3 is 3. The molecule has 1 amide bonds. The SMILES string of the molecule is COc1cc(C(C#N)NC(=O)c2nc(-c3cccs3)n(-c3ccc(F)cc3)n2)cc(OC)c1OC. The van der Waals surface area contributed by atoms with Gasteiger partial charge < -0.3 is 19.5 Å². The number of ether oxygens (including phenoxy) is 3. The average Bonchev–Trinajstić information content (AvgIpc) is 3.57. The largest absolute Gasteiger partial charge is 0.493 e. The number of carbonyl (C=O) groups excluding carboxylic acids is 1. The summed E-state index contributed by atoms with van der Waals surface area (Å²) in [5.74, 6) is 0.256. The van der Waals surface area contributed by atoms with Crippen molar-refractivity contribution in [2.45, 2.75) is 6.04 Å². The van der Waals surface area contributed by atoms with Crippen molar-refractivity contribution in [3.8, 4) is 39.7 Å². The predicted molar refractivity (Wildman–Crippen MR) is 127 cm³/mol. The Morgan fingerprint density at radius 3 is 2.34 bits per heavy atom. The maximum absolute atomic E-state index is 13.4. The van der Waals surface area contributed by atoms with Crippen molar-refractivity contribution in [2.24, 2.45) is 0 Å². The monoisotopic (exact) mass is 493 g/mol. The fourth-order valence-electron chi connectivity index (χ4n) is 3.39. The summed E-state index contributed by atoms with van der Waals surface area (Å²) in [4.78, 5) is 18.3. The van der Waals surface area contributed by atoms with Gasteiger partial charge in [-0.1, -0.05) is 6.07 Å². The van der Waals surface area contributed by atoms with E-state index < -0.39 is 17.8 Å². The maximum atomic E-state index is 13.4. The first-order valence-electron chi connectivity index (χ1n) is 10.3. The van der Waals surface area contributed by atoms with Crippen LogP contribution in [0.1, 0.15) is 22.2 Å². The van der Waals surface area contributed by atoms with Crippen LogP contribution in [0.2, 0.25) is 0 Å². The minimum atomic E-state index is -1.06. The number of halogens is 1. The van der Waals surface area contributed by atoms with Gasteiger partial charge in [-0.25, -0.2) is 14.1 Å². The van der Waals surface area contributed by atoms with Crippen LogP contribution in [0.15, 0.2) is 53.9 Å². The number of hydrogen-bond donors (Lipinski definition) is 1. The lowest BCUT2D eigenvalue weighted by Crippen LogP contribution is -2.28. The molecule has 2 heterocycles. The molecular weight excluding hydrogens is 473 g/mol. The van der Waals surface area contributed by atoms with Crippen LogP contribution in [0.5, 0.6) is 17.2 Å². The number of thiophene rings is 1. The average molecular weight is 494 g/mol. The highest BCUT2D eigenvalue weighted by Gasteiger charge is 2.24. The normalized spacial score (nSPS) is 11.4. The second-order valence-corrected chi connectivity index (χ2v) is 8.07. The zero-order valence-electron chi connectivity index (χ0n) is 19.0. The van der Waals surface area contributed by atoms with E-state index in [0.29, 0.717) is 34.3 Å². The molecule has 11 heteroatoms. The Balaban J connectivity index is 1.69. The number of nitrogens with zero attached hydrogens (tertiary/aromatic N) is 4. The van der Waals surface area contributed by atoms with Crippen molar-refractivity contribution in [2.75, 3.05) is 21.3 Å². The molecule has 0 spiro atoms. The third-order valence-electron chi connectivity index (χ3n) is 5.05. The summed E-state index contributed by atoms with van der Waals surface area (Å²) in [6.45, 7) is 0. The van der Waals surface area contributed by atoms with Gasteiger partial charge in [-0.15, -0.1) is 16.4 Å². The maximum Gasteiger partial charge on any atom is 0.292 e. The van der Waals surface area contributed by atoms with Crippen molar-refractivity contribution >= 4 is 17.2 Å². The first-order valence-corrected chi connectivity index (χ1v) is 11.1. The zero-order chi connectivity index (χ0) is 24.9. The molecule has 1 unspecified atom stereocenters. The molecule has 1 N–H and O–H groups in total. The number of nitrogens with one attached hydrogen (secondary N) is 1. The van der Waals surface area contributed by atoms with Gasteiger partial charge in [0.05, 0.1) is 38.0 Å². The van der Waals surface area contributed by atoms with E-state index in [1.165, 1.54) is 61.6 Å². The van der Waals surface area contributed by atoms with Gasteiger partial charge in [0.2, 0.25) is 11.6 Å². The Hall–Kier alpha value is -4.43. The molecule has 0 saturated carbocycles. The lowest BCUT2D eigenvalue weighted by Gasteiger charge is -2.17. The first kappa shape index (κ1) is 23.7. The second-order valence-electron chi connectivity index (χ2n) is 7.12. The van der Waals surface area contributed by atoms with Crippen LogP contribution in [0, 0.1) is 17.1 Å². The minimum absolute atomic E-state index is 0.148. The number of hydrogen-bond acceptors (Lipinski definition) is 8. The third kappa shape index (κ3) is 4.78. The standard InChI is InChI=1S/C24H20FN5O4S/c1-32-18-11-14(12-19(33-2)21(18)34-3)17(13-26)27-24(31)22-28-23(20-5-4-10-35-20)30(29-22)16-8-6-15(25)7-9-16/h4-12,17H,1-3H3,(H,27,31). The van der Waals surface area contributed by atoms with Gasteiger partial charge in [-0.2, -0.15) is 5.26 Å². The molecule has 0 aliphatic carbocycles. The molecule has 2 aromatic carbocycles. The van der Waals surface area contributed by atoms with E-state index >= 15 is 0 Å². The number of aromatic nitrogens is 3. The van der Waals surface area contributed by atoms with Crippen LogP contribution in [-0.2, 0) is 0 Å². The van der Waals surface area contributed by atoms with Crippen LogP contribution in [0.3, 0.4) is 0 Å². The molecule has 0 radical (unpaired) electrons. The fraction of sp³-hybridized carbons (Fsp3) is 0.167. The number of benzene rings is 2. The smallest absolute Gasteiger partial charge is 0.292 e. The molecule has 4 aromatic rings. The molecule has 0 saturated heterocycles. The zero-order valence-corrected chi connectivity index (χ0v) is 19.8. The summed E-state index contributed by atoms with van der Waals surface area (Å²) in [6.07, 6.45) is 0. The van der Waals surface area contributed by atoms with Crippen LogP contribution in [0.4, 0.5) is 4.39 Å². The van der Waals surface area contributed by atoms with E-state index in [1.54, 1.807) is 12.1 Å². The van der Waals surface area contributed by atoms with Crippen LogP contribution in [-0.4, -0.2) is 42.0 Å². The van der Waals surface area contributed by atoms with Gasteiger partial charge in [0, 0.05) is 0 Å². The highest BCUT2D eigenvalue weighted by molar-refractivity contribution is 7.13. The predicted octanol–water partition coefficient (Wildman–Crippen LogP) is 4.16. The number of nitriles is 1. The van der Waals surface area contributed by atoms with E-state index in [1.807, 2.05) is 17.5 Å². The quantitative estimate of drug-likeness (QED) is 0.392. The van der Waals surface area contributed by atoms with Gasteiger partial charge in [0.1, 0.15) is 11.9 Å². The van der Waals surface area contributed by atoms with Crippen molar-refractivity contribution < 1.29 is 23.4 Å². The number of rotatable bonds is 8. The second kappa shape index (κ2) is 10.2. The number of amides is 1. The van der Waals surface area contributed by atoms with Crippen LogP contribution < -0.4 is 19.5 Å². The summed E-state index contributed by atoms with van der Waals surface area (Å²) in [5.41, 5.74) is 0.953. The van der Waals surface area contributed by atoms with Gasteiger partial charge in [0.15, 0.2) is 17.3 Å². The molecule has 0 bridgehead atoms. The lowest BCUT2D eigenvalue weighted by molar-refractivity contribution is 0.0934. The molecular formula is C24H20FN5O4S. The highest BCUT2D eigenvalue weighted by atomic mass is 32.1. The van der Waals surface area contributed by atoms with Crippen LogP contribution >= 0.6 is 11.3 Å². The Morgan fingerprint density at radius 2 is 1.80 bits per heavy atom. The summed E-state index contributed by atoms with van der Waals surface area (Å²) >= 11 is 1.42.